The lowest BCUT2D eigenvalue weighted by Gasteiger charge is -2.37. The number of hydrogen-bond donors (Lipinski definition) is 1. The van der Waals surface area contributed by atoms with Gasteiger partial charge in [-0.15, -0.1) is 10.2 Å². The van der Waals surface area contributed by atoms with E-state index in [1.54, 1.807) is 0 Å². The van der Waals surface area contributed by atoms with Gasteiger partial charge in [-0.1, -0.05) is 32.6 Å². The Bertz CT molecular complexity index is 447. The van der Waals surface area contributed by atoms with Crippen molar-refractivity contribution >= 4 is 0 Å². The van der Waals surface area contributed by atoms with E-state index in [0.29, 0.717) is 12.0 Å². The average Bonchev–Trinajstić information content (AvgIpc) is 2.97. The molecule has 0 aliphatic heterocycles. The first kappa shape index (κ1) is 13.1. The summed E-state index contributed by atoms with van der Waals surface area (Å²) in [4.78, 5) is 0. The van der Waals surface area contributed by atoms with Gasteiger partial charge < -0.3 is 10.3 Å². The minimum atomic E-state index is -0.248. The number of aryl methyl sites for hydroxylation is 1. The summed E-state index contributed by atoms with van der Waals surface area (Å²) >= 11 is 0. The lowest BCUT2D eigenvalue weighted by molar-refractivity contribution is 0.217. The zero-order valence-corrected chi connectivity index (χ0v) is 12.2. The standard InChI is InChI=1S/C15H26N4/c1-11-6-5-9-15(16,10-11)14-18-17-12(2)19(14)13-7-3-4-8-13/h11,13H,3-10,16H2,1-2H3. The average molecular weight is 262 g/mol. The van der Waals surface area contributed by atoms with Crippen LogP contribution in [0.15, 0.2) is 0 Å². The van der Waals surface area contributed by atoms with Crippen LogP contribution in [0.2, 0.25) is 0 Å². The van der Waals surface area contributed by atoms with Crippen molar-refractivity contribution in [2.24, 2.45) is 11.7 Å². The van der Waals surface area contributed by atoms with Crippen molar-refractivity contribution in [1.82, 2.24) is 14.8 Å². The van der Waals surface area contributed by atoms with Gasteiger partial charge in [0, 0.05) is 6.04 Å². The van der Waals surface area contributed by atoms with Gasteiger partial charge in [-0.05, 0) is 38.5 Å². The van der Waals surface area contributed by atoms with Gasteiger partial charge in [0.05, 0.1) is 5.54 Å². The van der Waals surface area contributed by atoms with Crippen molar-refractivity contribution in [2.45, 2.75) is 76.8 Å². The van der Waals surface area contributed by atoms with Gasteiger partial charge in [-0.3, -0.25) is 0 Å². The number of nitrogens with two attached hydrogens (primary N) is 1. The molecule has 0 amide bonds. The molecule has 3 rings (SSSR count). The van der Waals surface area contributed by atoms with Crippen LogP contribution >= 0.6 is 0 Å². The molecule has 0 spiro atoms. The summed E-state index contributed by atoms with van der Waals surface area (Å²) in [6.07, 6.45) is 9.81. The summed E-state index contributed by atoms with van der Waals surface area (Å²) in [6, 6.07) is 0.586. The van der Waals surface area contributed by atoms with E-state index < -0.39 is 0 Å². The molecule has 1 aromatic rings. The number of nitrogens with zero attached hydrogens (tertiary/aromatic N) is 3. The van der Waals surface area contributed by atoms with Crippen molar-refractivity contribution in [3.05, 3.63) is 11.6 Å². The zero-order chi connectivity index (χ0) is 13.5. The molecule has 2 aliphatic carbocycles. The van der Waals surface area contributed by atoms with Gasteiger partial charge in [-0.2, -0.15) is 0 Å². The summed E-state index contributed by atoms with van der Waals surface area (Å²) in [6.45, 7) is 4.38. The van der Waals surface area contributed by atoms with Crippen LogP contribution in [0.25, 0.3) is 0 Å². The Kier molecular flexibility index (Phi) is 3.37. The van der Waals surface area contributed by atoms with Crippen LogP contribution < -0.4 is 5.73 Å². The lowest BCUT2D eigenvalue weighted by atomic mass is 9.76. The molecular formula is C15H26N4. The van der Waals surface area contributed by atoms with E-state index in [2.05, 4.69) is 28.6 Å². The third-order valence-corrected chi connectivity index (χ3v) is 5.03. The molecule has 2 atom stereocenters. The molecule has 0 radical (unpaired) electrons. The van der Waals surface area contributed by atoms with Crippen molar-refractivity contribution in [2.75, 3.05) is 0 Å². The predicted molar refractivity (Wildman–Crippen MR) is 75.8 cm³/mol. The smallest absolute Gasteiger partial charge is 0.153 e. The maximum Gasteiger partial charge on any atom is 0.153 e. The summed E-state index contributed by atoms with van der Waals surface area (Å²) in [7, 11) is 0. The minimum absolute atomic E-state index is 0.248. The van der Waals surface area contributed by atoms with Crippen LogP contribution in [0.1, 0.15) is 76.0 Å². The van der Waals surface area contributed by atoms with E-state index in [1.807, 2.05) is 0 Å². The highest BCUT2D eigenvalue weighted by Gasteiger charge is 2.39. The van der Waals surface area contributed by atoms with Gasteiger partial charge in [0.2, 0.25) is 0 Å². The highest BCUT2D eigenvalue weighted by atomic mass is 15.3. The Morgan fingerprint density at radius 3 is 2.58 bits per heavy atom. The van der Waals surface area contributed by atoms with Crippen molar-refractivity contribution < 1.29 is 0 Å². The fraction of sp³-hybridized carbons (Fsp3) is 0.867. The van der Waals surface area contributed by atoms with Gasteiger partial charge in [0.25, 0.3) is 0 Å². The quantitative estimate of drug-likeness (QED) is 0.891. The van der Waals surface area contributed by atoms with E-state index in [9.17, 15) is 0 Å². The zero-order valence-electron chi connectivity index (χ0n) is 12.2. The third kappa shape index (κ3) is 2.31. The maximum atomic E-state index is 6.73. The summed E-state index contributed by atoms with van der Waals surface area (Å²) in [5.74, 6) is 2.81. The maximum absolute atomic E-state index is 6.73. The molecular weight excluding hydrogens is 236 g/mol. The van der Waals surface area contributed by atoms with Crippen molar-refractivity contribution in [1.29, 1.82) is 0 Å². The highest BCUT2D eigenvalue weighted by Crippen LogP contribution is 2.40. The Balaban J connectivity index is 1.95. The van der Waals surface area contributed by atoms with Gasteiger partial charge in [-0.25, -0.2) is 0 Å². The number of hydrogen-bond acceptors (Lipinski definition) is 3. The van der Waals surface area contributed by atoms with E-state index in [4.69, 9.17) is 5.73 Å². The van der Waals surface area contributed by atoms with E-state index >= 15 is 0 Å². The topological polar surface area (TPSA) is 56.7 Å². The first-order valence-corrected chi connectivity index (χ1v) is 7.81. The molecule has 2 unspecified atom stereocenters. The molecule has 4 nitrogen and oxygen atoms in total. The molecule has 19 heavy (non-hydrogen) atoms. The Morgan fingerprint density at radius 1 is 1.16 bits per heavy atom. The molecule has 0 aromatic carbocycles. The van der Waals surface area contributed by atoms with Gasteiger partial charge in [0.1, 0.15) is 5.82 Å². The fourth-order valence-electron chi connectivity index (χ4n) is 4.10. The van der Waals surface area contributed by atoms with Crippen LogP contribution in [0.3, 0.4) is 0 Å². The molecule has 2 aliphatic rings. The molecule has 4 heteroatoms. The van der Waals surface area contributed by atoms with E-state index in [0.717, 1.165) is 24.5 Å². The first-order valence-electron chi connectivity index (χ1n) is 7.81. The molecule has 1 aromatic heterocycles. The number of aromatic nitrogens is 3. The van der Waals surface area contributed by atoms with Crippen LogP contribution in [0.5, 0.6) is 0 Å². The summed E-state index contributed by atoms with van der Waals surface area (Å²) in [5.41, 5.74) is 6.48. The van der Waals surface area contributed by atoms with Gasteiger partial charge in [0.15, 0.2) is 5.82 Å². The second kappa shape index (κ2) is 4.89. The predicted octanol–water partition coefficient (Wildman–Crippen LogP) is 3.07. The van der Waals surface area contributed by atoms with Crippen LogP contribution in [-0.4, -0.2) is 14.8 Å². The first-order chi connectivity index (χ1) is 9.10. The molecule has 2 fully saturated rings. The minimum Gasteiger partial charge on any atom is -0.319 e. The van der Waals surface area contributed by atoms with Gasteiger partial charge >= 0.3 is 0 Å². The number of rotatable bonds is 2. The second-order valence-corrected chi connectivity index (χ2v) is 6.74. The Hall–Kier alpha value is -0.900. The van der Waals surface area contributed by atoms with Crippen molar-refractivity contribution in [3.63, 3.8) is 0 Å². The second-order valence-electron chi connectivity index (χ2n) is 6.74. The largest absolute Gasteiger partial charge is 0.319 e. The van der Waals surface area contributed by atoms with Crippen LogP contribution in [0, 0.1) is 12.8 Å². The van der Waals surface area contributed by atoms with Crippen molar-refractivity contribution in [3.8, 4) is 0 Å². The molecule has 1 heterocycles. The summed E-state index contributed by atoms with van der Waals surface area (Å²) in [5, 5.41) is 8.82. The molecule has 2 N–H and O–H groups in total. The third-order valence-electron chi connectivity index (χ3n) is 5.03. The molecule has 2 saturated carbocycles. The molecule has 0 bridgehead atoms. The normalized spacial score (nSPS) is 32.9. The van der Waals surface area contributed by atoms with E-state index in [-0.39, 0.29) is 5.54 Å². The Morgan fingerprint density at radius 2 is 1.89 bits per heavy atom. The van der Waals surface area contributed by atoms with E-state index in [1.165, 1.54) is 38.5 Å². The molecule has 106 valence electrons. The SMILES string of the molecule is Cc1nnc(C2(N)CCCC(C)C2)n1C1CCCC1. The van der Waals surface area contributed by atoms with Crippen LogP contribution in [-0.2, 0) is 5.54 Å². The molecule has 0 saturated heterocycles. The highest BCUT2D eigenvalue weighted by molar-refractivity contribution is 5.12. The lowest BCUT2D eigenvalue weighted by Crippen LogP contribution is -2.43. The monoisotopic (exact) mass is 262 g/mol. The Labute approximate surface area is 115 Å². The summed E-state index contributed by atoms with van der Waals surface area (Å²) < 4.78 is 2.37. The van der Waals surface area contributed by atoms with Crippen LogP contribution in [0.4, 0.5) is 0 Å². The fourth-order valence-corrected chi connectivity index (χ4v) is 4.10.